The molecule has 0 radical (unpaired) electrons. The van der Waals surface area contributed by atoms with Gasteiger partial charge in [-0.05, 0) is 100 Å². The first-order valence-electron chi connectivity index (χ1n) is 19.7. The lowest BCUT2D eigenvalue weighted by molar-refractivity contribution is 0.616. The molecule has 270 valence electrons. The van der Waals surface area contributed by atoms with Crippen LogP contribution in [-0.4, -0.2) is 6.71 Å². The second kappa shape index (κ2) is 11.9. The fourth-order valence-electron chi connectivity index (χ4n) is 9.85. The van der Waals surface area contributed by atoms with Crippen molar-refractivity contribution in [1.82, 2.24) is 0 Å². The highest BCUT2D eigenvalue weighted by Crippen LogP contribution is 2.51. The van der Waals surface area contributed by atoms with Crippen LogP contribution in [0.5, 0.6) is 0 Å². The predicted octanol–water partition coefficient (Wildman–Crippen LogP) is 12.5. The van der Waals surface area contributed by atoms with Crippen LogP contribution in [0.1, 0.15) is 0 Å². The fraction of sp³-hybridized carbons (Fsp3) is 0. The van der Waals surface area contributed by atoms with Gasteiger partial charge in [-0.15, -0.1) is 0 Å². The Morgan fingerprint density at radius 3 is 1.57 bits per heavy atom. The SMILES string of the molecule is c1ccc(-c2c(N3c4ccccc4B4c5c3cccc5N(c3ccc5ccoc5c3-c3ccccc3)c3ccc5c(oc6ccccc65)c34)ccc3ccoc23)cc1. The summed E-state index contributed by atoms with van der Waals surface area (Å²) in [4.78, 5) is 4.90. The van der Waals surface area contributed by atoms with E-state index in [2.05, 4.69) is 174 Å². The molecule has 0 amide bonds. The van der Waals surface area contributed by atoms with Crippen LogP contribution in [0, 0.1) is 0 Å². The van der Waals surface area contributed by atoms with E-state index in [9.17, 15) is 0 Å². The first kappa shape index (κ1) is 31.5. The highest BCUT2D eigenvalue weighted by Gasteiger charge is 2.45. The number of hydrogen-bond donors (Lipinski definition) is 0. The van der Waals surface area contributed by atoms with Crippen molar-refractivity contribution in [2.75, 3.05) is 9.80 Å². The van der Waals surface area contributed by atoms with E-state index in [-0.39, 0.29) is 6.71 Å². The van der Waals surface area contributed by atoms with E-state index in [0.29, 0.717) is 0 Å². The minimum Gasteiger partial charge on any atom is -0.464 e. The van der Waals surface area contributed by atoms with Crippen LogP contribution >= 0.6 is 0 Å². The van der Waals surface area contributed by atoms with E-state index >= 15 is 0 Å². The second-order valence-corrected chi connectivity index (χ2v) is 15.2. The number of benzene rings is 8. The molecule has 0 spiro atoms. The molecule has 0 saturated heterocycles. The number of furan rings is 3. The molecule has 6 heteroatoms. The summed E-state index contributed by atoms with van der Waals surface area (Å²) in [5, 5.41) is 4.34. The second-order valence-electron chi connectivity index (χ2n) is 15.2. The summed E-state index contributed by atoms with van der Waals surface area (Å²) in [6.45, 7) is -0.130. The lowest BCUT2D eigenvalue weighted by Crippen LogP contribution is -2.61. The zero-order valence-electron chi connectivity index (χ0n) is 31.1. The maximum atomic E-state index is 6.99. The third-order valence-electron chi connectivity index (χ3n) is 12.2. The third-order valence-corrected chi connectivity index (χ3v) is 12.2. The van der Waals surface area contributed by atoms with Gasteiger partial charge in [0, 0.05) is 55.4 Å². The van der Waals surface area contributed by atoms with Gasteiger partial charge < -0.3 is 23.1 Å². The smallest absolute Gasteiger partial charge is 0.257 e. The van der Waals surface area contributed by atoms with Crippen molar-refractivity contribution in [3.63, 3.8) is 0 Å². The number of anilines is 6. The van der Waals surface area contributed by atoms with E-state index < -0.39 is 0 Å². The summed E-state index contributed by atoms with van der Waals surface area (Å²) < 4.78 is 19.6. The molecule has 58 heavy (non-hydrogen) atoms. The Bertz CT molecular complexity index is 3420. The molecule has 0 N–H and O–H groups in total. The Morgan fingerprint density at radius 2 is 0.897 bits per heavy atom. The Hall–Kier alpha value is -7.70. The van der Waals surface area contributed by atoms with Crippen LogP contribution in [0.15, 0.2) is 202 Å². The van der Waals surface area contributed by atoms with Crippen molar-refractivity contribution >= 4 is 101 Å². The summed E-state index contributed by atoms with van der Waals surface area (Å²) in [5.41, 5.74) is 17.8. The van der Waals surface area contributed by atoms with Crippen molar-refractivity contribution < 1.29 is 13.3 Å². The third kappa shape index (κ3) is 4.26. The van der Waals surface area contributed by atoms with Crippen molar-refractivity contribution in [2.45, 2.75) is 0 Å². The van der Waals surface area contributed by atoms with Gasteiger partial charge in [-0.3, -0.25) is 0 Å². The van der Waals surface area contributed by atoms with Gasteiger partial charge >= 0.3 is 0 Å². The van der Waals surface area contributed by atoms with E-state index in [4.69, 9.17) is 13.3 Å². The van der Waals surface area contributed by atoms with Gasteiger partial charge in [-0.2, -0.15) is 0 Å². The first-order chi connectivity index (χ1) is 28.8. The van der Waals surface area contributed by atoms with E-state index in [0.717, 1.165) is 106 Å². The highest BCUT2D eigenvalue weighted by atomic mass is 16.3. The van der Waals surface area contributed by atoms with Crippen molar-refractivity contribution in [3.8, 4) is 22.3 Å². The summed E-state index contributed by atoms with van der Waals surface area (Å²) in [5.74, 6) is 0. The van der Waals surface area contributed by atoms with Gasteiger partial charge in [0.05, 0.1) is 23.9 Å². The molecule has 8 aromatic carbocycles. The number of hydrogen-bond acceptors (Lipinski definition) is 5. The Morgan fingerprint density at radius 1 is 0.362 bits per heavy atom. The summed E-state index contributed by atoms with van der Waals surface area (Å²) >= 11 is 0. The molecular weight excluding hydrogens is 711 g/mol. The lowest BCUT2D eigenvalue weighted by atomic mass is 9.33. The Balaban J connectivity index is 1.17. The van der Waals surface area contributed by atoms with E-state index in [1.54, 1.807) is 12.5 Å². The molecule has 0 saturated carbocycles. The molecule has 2 aliphatic heterocycles. The molecule has 0 unspecified atom stereocenters. The van der Waals surface area contributed by atoms with Gasteiger partial charge in [-0.1, -0.05) is 103 Å². The van der Waals surface area contributed by atoms with Crippen molar-refractivity contribution in [3.05, 3.63) is 188 Å². The summed E-state index contributed by atoms with van der Waals surface area (Å²) in [6.07, 6.45) is 3.58. The van der Waals surface area contributed by atoms with Crippen LogP contribution in [0.3, 0.4) is 0 Å². The first-order valence-corrected chi connectivity index (χ1v) is 19.7. The number of rotatable bonds is 4. The average molecular weight is 743 g/mol. The molecule has 13 rings (SSSR count). The van der Waals surface area contributed by atoms with E-state index in [1.165, 1.54) is 10.9 Å². The van der Waals surface area contributed by atoms with Crippen LogP contribution in [0.4, 0.5) is 34.1 Å². The molecule has 5 nitrogen and oxygen atoms in total. The topological polar surface area (TPSA) is 45.9 Å². The van der Waals surface area contributed by atoms with Crippen LogP contribution in [0.2, 0.25) is 0 Å². The largest absolute Gasteiger partial charge is 0.464 e. The molecule has 2 aliphatic rings. The standard InChI is InChI=1S/C52H31BN2O3/c1-3-12-32(13-4-1)46-40(25-22-34-28-30-56-50(34)46)54-39-18-9-8-17-38(39)53-48-42(54)19-11-20-43(48)55(44-27-24-37-36-16-7-10-21-45(36)58-52(37)49(44)53)41-26-23-35-29-31-57-51(35)47(41)33-14-5-2-6-15-33/h1-31H. The van der Waals surface area contributed by atoms with Crippen LogP contribution in [0.25, 0.3) is 66.1 Å². The van der Waals surface area contributed by atoms with Gasteiger partial charge in [0.1, 0.15) is 22.3 Å². The molecule has 0 fully saturated rings. The minimum absolute atomic E-state index is 0.130. The normalized spacial score (nSPS) is 13.1. The average Bonchev–Trinajstić information content (AvgIpc) is 4.05. The molecule has 11 aromatic rings. The van der Waals surface area contributed by atoms with Crippen molar-refractivity contribution in [1.29, 1.82) is 0 Å². The maximum absolute atomic E-state index is 6.99. The Labute approximate surface area is 333 Å². The molecule has 0 atom stereocenters. The number of fused-ring (bicyclic) bond motifs is 10. The van der Waals surface area contributed by atoms with Crippen LogP contribution in [-0.2, 0) is 0 Å². The van der Waals surface area contributed by atoms with Gasteiger partial charge in [-0.25, -0.2) is 0 Å². The lowest BCUT2D eigenvalue weighted by Gasteiger charge is -2.44. The quantitative estimate of drug-likeness (QED) is 0.168. The summed E-state index contributed by atoms with van der Waals surface area (Å²) in [6, 6.07) is 62.7. The summed E-state index contributed by atoms with van der Waals surface area (Å²) in [7, 11) is 0. The maximum Gasteiger partial charge on any atom is 0.257 e. The van der Waals surface area contributed by atoms with Gasteiger partial charge in [0.2, 0.25) is 0 Å². The molecule has 3 aromatic heterocycles. The minimum atomic E-state index is -0.130. The number of nitrogens with zero attached hydrogens (tertiary/aromatic N) is 2. The highest BCUT2D eigenvalue weighted by molar-refractivity contribution is 7.01. The molecule has 5 heterocycles. The fourth-order valence-corrected chi connectivity index (χ4v) is 9.85. The van der Waals surface area contributed by atoms with Crippen LogP contribution < -0.4 is 26.2 Å². The predicted molar refractivity (Wildman–Crippen MR) is 238 cm³/mol. The van der Waals surface area contributed by atoms with Gasteiger partial charge in [0.15, 0.2) is 0 Å². The molecule has 0 aliphatic carbocycles. The number of para-hydroxylation sites is 2. The van der Waals surface area contributed by atoms with E-state index in [1.807, 2.05) is 12.1 Å². The zero-order chi connectivity index (χ0) is 37.9. The molecule has 0 bridgehead atoms. The molecular formula is C52H31BN2O3. The zero-order valence-corrected chi connectivity index (χ0v) is 31.1. The Kier molecular flexibility index (Phi) is 6.47. The monoisotopic (exact) mass is 742 g/mol. The van der Waals surface area contributed by atoms with Crippen molar-refractivity contribution in [2.24, 2.45) is 0 Å². The van der Waals surface area contributed by atoms with Gasteiger partial charge in [0.25, 0.3) is 6.71 Å².